The molecule has 0 aromatic carbocycles. The average Bonchev–Trinajstić information content (AvgIpc) is 2.13. The van der Waals surface area contributed by atoms with Gasteiger partial charge in [-0.25, -0.2) is 0 Å². The lowest BCUT2D eigenvalue weighted by Gasteiger charge is -2.22. The third-order valence-corrected chi connectivity index (χ3v) is 2.53. The number of amides is 2. The molecule has 0 aromatic heterocycles. The molecule has 0 radical (unpaired) electrons. The van der Waals surface area contributed by atoms with E-state index in [0.717, 1.165) is 18.7 Å². The molecule has 84 valence electrons. The second-order valence-corrected chi connectivity index (χ2v) is 3.64. The van der Waals surface area contributed by atoms with Crippen molar-refractivity contribution < 1.29 is 9.59 Å². The van der Waals surface area contributed by atoms with Crippen LogP contribution in [0.2, 0.25) is 0 Å². The third kappa shape index (κ3) is 2.79. The van der Waals surface area contributed by atoms with Crippen molar-refractivity contribution in [2.45, 2.75) is 19.9 Å². The van der Waals surface area contributed by atoms with Crippen LogP contribution in [0.15, 0.2) is 11.1 Å². The zero-order chi connectivity index (χ0) is 11.4. The molecule has 1 saturated heterocycles. The van der Waals surface area contributed by atoms with Crippen molar-refractivity contribution in [3.05, 3.63) is 11.1 Å². The van der Waals surface area contributed by atoms with Crippen molar-refractivity contribution in [1.82, 2.24) is 16.0 Å². The lowest BCUT2D eigenvalue weighted by atomic mass is 10.0. The molecule has 1 heterocycles. The highest BCUT2D eigenvalue weighted by Gasteiger charge is 2.19. The molecular weight excluding hydrogens is 194 g/mol. The minimum absolute atomic E-state index is 0.164. The molecule has 15 heavy (non-hydrogen) atoms. The summed E-state index contributed by atoms with van der Waals surface area (Å²) in [7, 11) is 1.55. The van der Waals surface area contributed by atoms with Crippen LogP contribution in [0.3, 0.4) is 0 Å². The number of carbonyl (C=O) groups excluding carboxylic acids is 2. The summed E-state index contributed by atoms with van der Waals surface area (Å²) in [4.78, 5) is 22.8. The van der Waals surface area contributed by atoms with Gasteiger partial charge in [0.25, 0.3) is 0 Å². The predicted molar refractivity (Wildman–Crippen MR) is 57.2 cm³/mol. The van der Waals surface area contributed by atoms with Gasteiger partial charge in [0.2, 0.25) is 11.8 Å². The highest BCUT2D eigenvalue weighted by atomic mass is 16.2. The first-order valence-corrected chi connectivity index (χ1v) is 4.98. The molecule has 0 aromatic rings. The Labute approximate surface area is 89.3 Å². The van der Waals surface area contributed by atoms with E-state index in [2.05, 4.69) is 16.0 Å². The van der Waals surface area contributed by atoms with Crippen molar-refractivity contribution >= 4 is 11.8 Å². The van der Waals surface area contributed by atoms with Crippen LogP contribution in [-0.4, -0.2) is 38.0 Å². The summed E-state index contributed by atoms with van der Waals surface area (Å²) in [6.45, 7) is 4.98. The summed E-state index contributed by atoms with van der Waals surface area (Å²) in [6, 6.07) is -0.494. The van der Waals surface area contributed by atoms with Gasteiger partial charge in [-0.05, 0) is 19.4 Å². The van der Waals surface area contributed by atoms with Gasteiger partial charge in [-0.15, -0.1) is 0 Å². The summed E-state index contributed by atoms with van der Waals surface area (Å²) in [5.74, 6) is -0.351. The summed E-state index contributed by atoms with van der Waals surface area (Å²) in [5.41, 5.74) is 1.82. The maximum atomic E-state index is 11.6. The number of carbonyl (C=O) groups is 2. The zero-order valence-corrected chi connectivity index (χ0v) is 9.31. The quantitative estimate of drug-likeness (QED) is 0.533. The molecule has 1 atom stereocenters. The van der Waals surface area contributed by atoms with Gasteiger partial charge in [0.05, 0.1) is 0 Å². The van der Waals surface area contributed by atoms with Gasteiger partial charge in [0.15, 0.2) is 0 Å². The van der Waals surface area contributed by atoms with Crippen molar-refractivity contribution in [3.8, 4) is 0 Å². The molecule has 0 saturated carbocycles. The van der Waals surface area contributed by atoms with Crippen LogP contribution in [0, 0.1) is 0 Å². The molecule has 2 amide bonds. The van der Waals surface area contributed by atoms with E-state index < -0.39 is 6.04 Å². The van der Waals surface area contributed by atoms with E-state index in [1.807, 2.05) is 0 Å². The monoisotopic (exact) mass is 211 g/mol. The van der Waals surface area contributed by atoms with E-state index in [9.17, 15) is 9.59 Å². The molecule has 3 N–H and O–H groups in total. The van der Waals surface area contributed by atoms with Crippen LogP contribution >= 0.6 is 0 Å². The van der Waals surface area contributed by atoms with Gasteiger partial charge in [-0.2, -0.15) is 0 Å². The van der Waals surface area contributed by atoms with Gasteiger partial charge in [-0.3, -0.25) is 9.59 Å². The fourth-order valence-electron chi connectivity index (χ4n) is 1.26. The average molecular weight is 211 g/mol. The molecule has 5 heteroatoms. The first-order chi connectivity index (χ1) is 7.06. The molecule has 1 unspecified atom stereocenters. The predicted octanol–water partition coefficient (Wildman–Crippen LogP) is -0.843. The van der Waals surface area contributed by atoms with Crippen LogP contribution < -0.4 is 16.0 Å². The molecule has 0 spiro atoms. The fourth-order valence-corrected chi connectivity index (χ4v) is 1.26. The van der Waals surface area contributed by atoms with E-state index in [0.29, 0.717) is 5.57 Å². The Hall–Kier alpha value is -1.36. The van der Waals surface area contributed by atoms with Crippen LogP contribution in [-0.2, 0) is 9.59 Å². The number of rotatable bonds is 3. The number of likely N-dealkylation sites (N-methyl/N-ethyl adjacent to an activating group) is 1. The van der Waals surface area contributed by atoms with Crippen molar-refractivity contribution in [2.24, 2.45) is 0 Å². The Morgan fingerprint density at radius 1 is 1.40 bits per heavy atom. The zero-order valence-electron chi connectivity index (χ0n) is 9.31. The van der Waals surface area contributed by atoms with E-state index in [-0.39, 0.29) is 11.8 Å². The minimum Gasteiger partial charge on any atom is -0.357 e. The second-order valence-electron chi connectivity index (χ2n) is 3.64. The lowest BCUT2D eigenvalue weighted by Crippen LogP contribution is -2.45. The molecule has 1 fully saturated rings. The molecule has 5 nitrogen and oxygen atoms in total. The number of hydrogen-bond acceptors (Lipinski definition) is 3. The number of nitrogens with one attached hydrogen (secondary N) is 3. The van der Waals surface area contributed by atoms with Crippen molar-refractivity contribution in [2.75, 3.05) is 20.1 Å². The Morgan fingerprint density at radius 2 is 2.00 bits per heavy atom. The van der Waals surface area contributed by atoms with E-state index >= 15 is 0 Å². The highest BCUT2D eigenvalue weighted by Crippen LogP contribution is 2.08. The van der Waals surface area contributed by atoms with Crippen LogP contribution in [0.1, 0.15) is 13.8 Å². The van der Waals surface area contributed by atoms with Crippen LogP contribution in [0.25, 0.3) is 0 Å². The van der Waals surface area contributed by atoms with Crippen LogP contribution in [0.5, 0.6) is 0 Å². The van der Waals surface area contributed by atoms with Gasteiger partial charge >= 0.3 is 0 Å². The molecule has 0 aliphatic carbocycles. The Balaban J connectivity index is 2.52. The summed E-state index contributed by atoms with van der Waals surface area (Å²) in [5, 5.41) is 8.19. The summed E-state index contributed by atoms with van der Waals surface area (Å²) >= 11 is 0. The Kier molecular flexibility index (Phi) is 3.85. The summed E-state index contributed by atoms with van der Waals surface area (Å²) in [6.07, 6.45) is 0. The first kappa shape index (κ1) is 11.7. The number of hydrogen-bond donors (Lipinski definition) is 3. The largest absolute Gasteiger partial charge is 0.357 e. The van der Waals surface area contributed by atoms with Crippen molar-refractivity contribution in [3.63, 3.8) is 0 Å². The van der Waals surface area contributed by atoms with Crippen molar-refractivity contribution in [1.29, 1.82) is 0 Å². The highest BCUT2D eigenvalue weighted by molar-refractivity contribution is 5.97. The van der Waals surface area contributed by atoms with Crippen LogP contribution in [0.4, 0.5) is 0 Å². The molecule has 1 rings (SSSR count). The second kappa shape index (κ2) is 4.93. The Bertz CT molecular complexity index is 304. The standard InChI is InChI=1S/C10H17N3O2/c1-6(8-4-12-5-8)9(14)13-7(2)10(15)11-3/h7,12H,4-5H2,1-3H3,(H,11,15)(H,13,14). The lowest BCUT2D eigenvalue weighted by molar-refractivity contribution is -0.126. The maximum absolute atomic E-state index is 11.6. The van der Waals surface area contributed by atoms with Gasteiger partial charge in [0, 0.05) is 25.7 Å². The molecule has 1 aliphatic heterocycles. The van der Waals surface area contributed by atoms with Gasteiger partial charge < -0.3 is 16.0 Å². The Morgan fingerprint density at radius 3 is 2.40 bits per heavy atom. The molecule has 0 bridgehead atoms. The van der Waals surface area contributed by atoms with Gasteiger partial charge in [-0.1, -0.05) is 0 Å². The molecular formula is C10H17N3O2. The summed E-state index contributed by atoms with van der Waals surface area (Å²) < 4.78 is 0. The topological polar surface area (TPSA) is 70.2 Å². The minimum atomic E-state index is -0.494. The van der Waals surface area contributed by atoms with E-state index in [1.165, 1.54) is 0 Å². The van der Waals surface area contributed by atoms with E-state index in [4.69, 9.17) is 0 Å². The third-order valence-electron chi connectivity index (χ3n) is 2.53. The SMILES string of the molecule is CNC(=O)C(C)NC(=O)C(C)=C1CNC1. The maximum Gasteiger partial charge on any atom is 0.247 e. The van der Waals surface area contributed by atoms with Gasteiger partial charge in [0.1, 0.15) is 6.04 Å². The normalized spacial score (nSPS) is 16.3. The van der Waals surface area contributed by atoms with E-state index in [1.54, 1.807) is 20.9 Å². The molecule has 1 aliphatic rings. The first-order valence-electron chi connectivity index (χ1n) is 4.98. The fraction of sp³-hybridized carbons (Fsp3) is 0.600. The smallest absolute Gasteiger partial charge is 0.247 e.